The van der Waals surface area contributed by atoms with Gasteiger partial charge >= 0.3 is 5.97 Å². The molecule has 0 aliphatic carbocycles. The number of carbonyl (C=O) groups is 2. The zero-order chi connectivity index (χ0) is 14.6. The van der Waals surface area contributed by atoms with Crippen LogP contribution in [-0.2, 0) is 4.79 Å². The lowest BCUT2D eigenvalue weighted by molar-refractivity contribution is -0.123. The molecule has 6 heteroatoms. The Morgan fingerprint density at radius 3 is 2.63 bits per heavy atom. The molecule has 0 fully saturated rings. The van der Waals surface area contributed by atoms with Gasteiger partial charge in [-0.15, -0.1) is 0 Å². The molecule has 1 atom stereocenters. The summed E-state index contributed by atoms with van der Waals surface area (Å²) >= 11 is 0. The van der Waals surface area contributed by atoms with Gasteiger partial charge in [0.1, 0.15) is 0 Å². The first kappa shape index (κ1) is 14.8. The second kappa shape index (κ2) is 6.08. The van der Waals surface area contributed by atoms with Crippen molar-refractivity contribution in [2.45, 2.75) is 6.92 Å². The van der Waals surface area contributed by atoms with Crippen LogP contribution in [0.1, 0.15) is 17.3 Å². The van der Waals surface area contributed by atoms with E-state index in [2.05, 4.69) is 5.32 Å². The standard InChI is InChI=1S/C13H19N3O3/c1-8(12(17)15-2)7-16(3)10-6-4-5-9(11(10)14)13(18)19/h4-6,8H,7,14H2,1-3H3,(H,15,17)(H,18,19). The summed E-state index contributed by atoms with van der Waals surface area (Å²) in [6.07, 6.45) is 0. The zero-order valence-electron chi connectivity index (χ0n) is 11.3. The van der Waals surface area contributed by atoms with E-state index < -0.39 is 5.97 Å². The number of carbonyl (C=O) groups excluding carboxylic acids is 1. The number of benzene rings is 1. The predicted octanol–water partition coefficient (Wildman–Crippen LogP) is 0.785. The van der Waals surface area contributed by atoms with Crippen molar-refractivity contribution >= 4 is 23.3 Å². The molecule has 1 unspecified atom stereocenters. The first-order valence-corrected chi connectivity index (χ1v) is 5.93. The molecule has 6 nitrogen and oxygen atoms in total. The number of hydrogen-bond acceptors (Lipinski definition) is 4. The van der Waals surface area contributed by atoms with E-state index in [-0.39, 0.29) is 23.1 Å². The molecular formula is C13H19N3O3. The Balaban J connectivity index is 2.94. The van der Waals surface area contributed by atoms with Crippen LogP contribution in [0.15, 0.2) is 18.2 Å². The number of carboxylic acid groups (broad SMARTS) is 1. The van der Waals surface area contributed by atoms with Gasteiger partial charge in [0.15, 0.2) is 0 Å². The molecule has 0 heterocycles. The smallest absolute Gasteiger partial charge is 0.337 e. The lowest BCUT2D eigenvalue weighted by Crippen LogP contribution is -2.34. The Bertz CT molecular complexity index is 488. The predicted molar refractivity (Wildman–Crippen MR) is 74.3 cm³/mol. The van der Waals surface area contributed by atoms with Crippen LogP contribution in [0, 0.1) is 5.92 Å². The summed E-state index contributed by atoms with van der Waals surface area (Å²) in [5.41, 5.74) is 6.73. The van der Waals surface area contributed by atoms with Crippen molar-refractivity contribution < 1.29 is 14.7 Å². The molecule has 0 saturated heterocycles. The summed E-state index contributed by atoms with van der Waals surface area (Å²) in [6.45, 7) is 2.25. The minimum absolute atomic E-state index is 0.0666. The third-order valence-corrected chi connectivity index (χ3v) is 2.97. The van der Waals surface area contributed by atoms with Crippen LogP contribution >= 0.6 is 0 Å². The molecule has 1 aromatic carbocycles. The number of nitrogens with one attached hydrogen (secondary N) is 1. The highest BCUT2D eigenvalue weighted by Crippen LogP contribution is 2.26. The highest BCUT2D eigenvalue weighted by molar-refractivity contribution is 5.97. The maximum Gasteiger partial charge on any atom is 0.337 e. The fourth-order valence-electron chi connectivity index (χ4n) is 1.91. The topological polar surface area (TPSA) is 95.7 Å². The highest BCUT2D eigenvalue weighted by Gasteiger charge is 2.17. The summed E-state index contributed by atoms with van der Waals surface area (Å²) in [5.74, 6) is -1.35. The number of amides is 1. The number of aromatic carboxylic acids is 1. The second-order valence-electron chi connectivity index (χ2n) is 4.44. The van der Waals surface area contributed by atoms with Gasteiger partial charge in [0.05, 0.1) is 22.9 Å². The normalized spacial score (nSPS) is 11.7. The maximum atomic E-state index is 11.5. The van der Waals surface area contributed by atoms with E-state index in [1.807, 2.05) is 0 Å². The molecule has 0 aliphatic heterocycles. The Kier molecular flexibility index (Phi) is 4.74. The van der Waals surface area contributed by atoms with Crippen LogP contribution in [0.2, 0.25) is 0 Å². The largest absolute Gasteiger partial charge is 0.478 e. The summed E-state index contributed by atoms with van der Waals surface area (Å²) in [4.78, 5) is 24.3. The van der Waals surface area contributed by atoms with E-state index in [1.165, 1.54) is 6.07 Å². The monoisotopic (exact) mass is 265 g/mol. The van der Waals surface area contributed by atoms with E-state index >= 15 is 0 Å². The van der Waals surface area contributed by atoms with Crippen molar-refractivity contribution in [2.24, 2.45) is 5.92 Å². The highest BCUT2D eigenvalue weighted by atomic mass is 16.4. The average molecular weight is 265 g/mol. The van der Waals surface area contributed by atoms with Gasteiger partial charge < -0.3 is 21.1 Å². The SMILES string of the molecule is CNC(=O)C(C)CN(C)c1cccc(C(=O)O)c1N. The van der Waals surface area contributed by atoms with Crippen molar-refractivity contribution in [1.29, 1.82) is 0 Å². The molecule has 0 aromatic heterocycles. The first-order chi connectivity index (χ1) is 8.88. The summed E-state index contributed by atoms with van der Waals surface area (Å²) < 4.78 is 0. The van der Waals surface area contributed by atoms with Gasteiger partial charge in [0, 0.05) is 20.6 Å². The fourth-order valence-corrected chi connectivity index (χ4v) is 1.91. The number of carboxylic acids is 1. The summed E-state index contributed by atoms with van der Waals surface area (Å²) in [6, 6.07) is 4.83. The van der Waals surface area contributed by atoms with Gasteiger partial charge in [0.2, 0.25) is 5.91 Å². The van der Waals surface area contributed by atoms with Crippen molar-refractivity contribution in [1.82, 2.24) is 5.32 Å². The van der Waals surface area contributed by atoms with Crippen molar-refractivity contribution in [3.63, 3.8) is 0 Å². The lowest BCUT2D eigenvalue weighted by Gasteiger charge is -2.24. The van der Waals surface area contributed by atoms with Gasteiger partial charge in [0.25, 0.3) is 0 Å². The number of para-hydroxylation sites is 1. The number of anilines is 2. The maximum absolute atomic E-state index is 11.5. The minimum atomic E-state index is -1.06. The number of nitrogens with zero attached hydrogens (tertiary/aromatic N) is 1. The van der Waals surface area contributed by atoms with E-state index in [0.717, 1.165) is 0 Å². The van der Waals surface area contributed by atoms with Crippen LogP contribution < -0.4 is 16.0 Å². The van der Waals surface area contributed by atoms with Crippen LogP contribution in [0.3, 0.4) is 0 Å². The Labute approximate surface area is 112 Å². The average Bonchev–Trinajstić information content (AvgIpc) is 2.37. The quantitative estimate of drug-likeness (QED) is 0.684. The Hall–Kier alpha value is -2.24. The molecular weight excluding hydrogens is 246 g/mol. The number of nitrogens with two attached hydrogens (primary N) is 1. The van der Waals surface area contributed by atoms with Gasteiger partial charge in [-0.25, -0.2) is 4.79 Å². The molecule has 0 spiro atoms. The molecule has 0 radical (unpaired) electrons. The van der Waals surface area contributed by atoms with Crippen molar-refractivity contribution in [3.8, 4) is 0 Å². The molecule has 19 heavy (non-hydrogen) atoms. The molecule has 1 amide bonds. The zero-order valence-corrected chi connectivity index (χ0v) is 11.3. The summed E-state index contributed by atoms with van der Waals surface area (Å²) in [7, 11) is 3.36. The van der Waals surface area contributed by atoms with E-state index in [4.69, 9.17) is 10.8 Å². The van der Waals surface area contributed by atoms with E-state index in [1.54, 1.807) is 38.1 Å². The van der Waals surface area contributed by atoms with Crippen molar-refractivity contribution in [2.75, 3.05) is 31.3 Å². The lowest BCUT2D eigenvalue weighted by atomic mass is 10.1. The van der Waals surface area contributed by atoms with Crippen LogP contribution in [0.25, 0.3) is 0 Å². The molecule has 0 aliphatic rings. The van der Waals surface area contributed by atoms with Crippen LogP contribution in [0.5, 0.6) is 0 Å². The Morgan fingerprint density at radius 1 is 1.47 bits per heavy atom. The van der Waals surface area contributed by atoms with Crippen LogP contribution in [0.4, 0.5) is 11.4 Å². The molecule has 1 aromatic rings. The fraction of sp³-hybridized carbons (Fsp3) is 0.385. The van der Waals surface area contributed by atoms with Crippen LogP contribution in [-0.4, -0.2) is 37.6 Å². The molecule has 1 rings (SSSR count). The number of rotatable bonds is 5. The second-order valence-corrected chi connectivity index (χ2v) is 4.44. The van der Waals surface area contributed by atoms with Gasteiger partial charge in [-0.2, -0.15) is 0 Å². The molecule has 0 saturated carbocycles. The minimum Gasteiger partial charge on any atom is -0.478 e. The molecule has 4 N–H and O–H groups in total. The van der Waals surface area contributed by atoms with E-state index in [9.17, 15) is 9.59 Å². The molecule has 0 bridgehead atoms. The third-order valence-electron chi connectivity index (χ3n) is 2.97. The van der Waals surface area contributed by atoms with Gasteiger partial charge in [-0.1, -0.05) is 13.0 Å². The summed E-state index contributed by atoms with van der Waals surface area (Å²) in [5, 5.41) is 11.6. The Morgan fingerprint density at radius 2 is 2.11 bits per heavy atom. The number of nitrogen functional groups attached to an aromatic ring is 1. The first-order valence-electron chi connectivity index (χ1n) is 5.93. The van der Waals surface area contributed by atoms with Crippen molar-refractivity contribution in [3.05, 3.63) is 23.8 Å². The number of hydrogen-bond donors (Lipinski definition) is 3. The molecule has 104 valence electrons. The van der Waals surface area contributed by atoms with Gasteiger partial charge in [-0.3, -0.25) is 4.79 Å². The van der Waals surface area contributed by atoms with E-state index in [0.29, 0.717) is 12.2 Å². The third kappa shape index (κ3) is 3.37. The van der Waals surface area contributed by atoms with Gasteiger partial charge in [-0.05, 0) is 12.1 Å².